The minimum atomic E-state index is -0.407. The molecule has 1 aliphatic rings. The number of oxazole rings is 1. The number of piperidine rings is 1. The summed E-state index contributed by atoms with van der Waals surface area (Å²) in [4.78, 5) is 21.6. The lowest BCUT2D eigenvalue weighted by Crippen LogP contribution is -2.35. The van der Waals surface area contributed by atoms with Crippen molar-refractivity contribution in [3.8, 4) is 11.3 Å². The molecule has 0 unspecified atom stereocenters. The molecule has 1 saturated heterocycles. The quantitative estimate of drug-likeness (QED) is 0.286. The third kappa shape index (κ3) is 4.37. The van der Waals surface area contributed by atoms with Gasteiger partial charge in [0.25, 0.3) is 11.9 Å². The smallest absolute Gasteiger partial charge is 0.298 e. The van der Waals surface area contributed by atoms with Crippen LogP contribution in [-0.4, -0.2) is 45.1 Å². The van der Waals surface area contributed by atoms with Crippen LogP contribution in [0.2, 0.25) is 0 Å². The number of hydrogen-bond donors (Lipinski definition) is 1. The van der Waals surface area contributed by atoms with Crippen molar-refractivity contribution in [3.63, 3.8) is 0 Å². The number of carbonyl (C=O) groups is 1. The Morgan fingerprint density at radius 3 is 2.59 bits per heavy atom. The van der Waals surface area contributed by atoms with Crippen molar-refractivity contribution in [1.29, 1.82) is 0 Å². The third-order valence-electron chi connectivity index (χ3n) is 7.37. The monoisotopic (exact) mass is 530 g/mol. The summed E-state index contributed by atoms with van der Waals surface area (Å²) in [5.41, 5.74) is 4.29. The molecule has 0 spiro atoms. The van der Waals surface area contributed by atoms with Crippen molar-refractivity contribution < 1.29 is 22.4 Å². The van der Waals surface area contributed by atoms with Gasteiger partial charge >= 0.3 is 0 Å². The molecule has 5 aromatic rings. The molecular weight excluding hydrogens is 502 g/mol. The number of fused-ring (bicyclic) bond motifs is 2. The molecule has 0 saturated carbocycles. The second kappa shape index (κ2) is 9.72. The van der Waals surface area contributed by atoms with E-state index in [0.717, 1.165) is 30.6 Å². The van der Waals surface area contributed by atoms with Crippen LogP contribution in [0.3, 0.4) is 0 Å². The summed E-state index contributed by atoms with van der Waals surface area (Å²) in [6, 6.07) is 15.0. The Balaban J connectivity index is 1.45. The molecule has 1 atom stereocenters. The highest BCUT2D eigenvalue weighted by atomic mass is 19.1. The summed E-state index contributed by atoms with van der Waals surface area (Å²) in [6.45, 7) is 1.37. The highest BCUT2D eigenvalue weighted by Gasteiger charge is 2.30. The molecule has 6 rings (SSSR count). The summed E-state index contributed by atoms with van der Waals surface area (Å²) in [6.07, 6.45) is 1.82. The zero-order valence-electron chi connectivity index (χ0n) is 21.9. The second-order valence-corrected chi connectivity index (χ2v) is 10.1. The predicted octanol–water partition coefficient (Wildman–Crippen LogP) is 6.33. The van der Waals surface area contributed by atoms with E-state index in [1.54, 1.807) is 31.3 Å². The molecule has 1 fully saturated rings. The van der Waals surface area contributed by atoms with Crippen LogP contribution in [0.25, 0.3) is 33.4 Å². The van der Waals surface area contributed by atoms with Crippen LogP contribution in [-0.2, 0) is 0 Å². The van der Waals surface area contributed by atoms with E-state index >= 15 is 0 Å². The molecule has 0 bridgehead atoms. The fourth-order valence-electron chi connectivity index (χ4n) is 5.46. The van der Waals surface area contributed by atoms with Crippen LogP contribution < -0.4 is 15.1 Å². The van der Waals surface area contributed by atoms with Gasteiger partial charge in [-0.3, -0.25) is 4.79 Å². The van der Waals surface area contributed by atoms with Crippen LogP contribution in [0.4, 0.5) is 20.5 Å². The van der Waals surface area contributed by atoms with Crippen molar-refractivity contribution in [2.24, 2.45) is 0 Å². The molecule has 1 aliphatic heterocycles. The van der Waals surface area contributed by atoms with E-state index < -0.39 is 5.82 Å². The van der Waals surface area contributed by atoms with Gasteiger partial charge < -0.3 is 24.0 Å². The van der Waals surface area contributed by atoms with Crippen LogP contribution in [0.15, 0.2) is 63.4 Å². The summed E-state index contributed by atoms with van der Waals surface area (Å²) < 4.78 is 40.0. The Kier molecular flexibility index (Phi) is 6.21. The summed E-state index contributed by atoms with van der Waals surface area (Å²) in [5.74, 6) is -0.561. The molecule has 3 heterocycles. The third-order valence-corrected chi connectivity index (χ3v) is 7.37. The van der Waals surface area contributed by atoms with Gasteiger partial charge in [0.15, 0.2) is 11.4 Å². The Bertz CT molecular complexity index is 1690. The van der Waals surface area contributed by atoms with Gasteiger partial charge in [0.2, 0.25) is 0 Å². The largest absolute Gasteiger partial charge is 0.455 e. The fourth-order valence-corrected chi connectivity index (χ4v) is 5.46. The summed E-state index contributed by atoms with van der Waals surface area (Å²) in [5, 5.41) is 3.41. The van der Waals surface area contributed by atoms with Gasteiger partial charge in [-0.25, -0.2) is 8.78 Å². The first-order chi connectivity index (χ1) is 18.8. The molecule has 9 heteroatoms. The van der Waals surface area contributed by atoms with Crippen LogP contribution in [0.1, 0.15) is 34.7 Å². The van der Waals surface area contributed by atoms with Gasteiger partial charge in [-0.05, 0) is 60.9 Å². The zero-order valence-corrected chi connectivity index (χ0v) is 21.9. The van der Waals surface area contributed by atoms with E-state index in [-0.39, 0.29) is 23.2 Å². The van der Waals surface area contributed by atoms with Crippen molar-refractivity contribution in [3.05, 3.63) is 77.4 Å². The Morgan fingerprint density at radius 2 is 1.87 bits per heavy atom. The molecule has 1 N–H and O–H groups in total. The lowest BCUT2D eigenvalue weighted by Gasteiger charge is -2.33. The summed E-state index contributed by atoms with van der Waals surface area (Å²) >= 11 is 0. The normalized spacial score (nSPS) is 15.7. The molecule has 39 heavy (non-hydrogen) atoms. The van der Waals surface area contributed by atoms with E-state index in [1.165, 1.54) is 18.2 Å². The highest BCUT2D eigenvalue weighted by Crippen LogP contribution is 2.42. The second-order valence-electron chi connectivity index (χ2n) is 10.1. The number of carbonyl (C=O) groups excluding carboxylic acids is 1. The Hall–Kier alpha value is -4.40. The van der Waals surface area contributed by atoms with Gasteiger partial charge in [0.05, 0.1) is 5.56 Å². The van der Waals surface area contributed by atoms with E-state index in [9.17, 15) is 13.6 Å². The van der Waals surface area contributed by atoms with Crippen molar-refractivity contribution in [2.45, 2.75) is 18.8 Å². The zero-order chi connectivity index (χ0) is 27.3. The summed E-state index contributed by atoms with van der Waals surface area (Å²) in [7, 11) is 5.52. The first kappa shape index (κ1) is 24.9. The van der Waals surface area contributed by atoms with E-state index in [1.807, 2.05) is 31.1 Å². The number of hydrogen-bond acceptors (Lipinski definition) is 6. The van der Waals surface area contributed by atoms with Crippen LogP contribution in [0.5, 0.6) is 0 Å². The Morgan fingerprint density at radius 1 is 1.08 bits per heavy atom. The lowest BCUT2D eigenvalue weighted by atomic mass is 9.88. The van der Waals surface area contributed by atoms with Crippen molar-refractivity contribution >= 4 is 39.7 Å². The number of furan rings is 1. The number of aromatic nitrogens is 1. The maximum Gasteiger partial charge on any atom is 0.298 e. The number of para-hydroxylation sites is 1. The number of nitrogens with zero attached hydrogens (tertiary/aromatic N) is 3. The number of anilines is 2. The van der Waals surface area contributed by atoms with Gasteiger partial charge in [0, 0.05) is 62.9 Å². The molecule has 0 aliphatic carbocycles. The SMILES string of the molecule is CNC(=O)c1c(-c2ccc(F)cc2)oc2cc(N(C)C)c([C@@H]3CCCN(c4nc5c(F)cccc5o4)C3)cc12. The van der Waals surface area contributed by atoms with Gasteiger partial charge in [0.1, 0.15) is 22.7 Å². The first-order valence-corrected chi connectivity index (χ1v) is 12.9. The van der Waals surface area contributed by atoms with Crippen molar-refractivity contribution in [1.82, 2.24) is 10.3 Å². The molecule has 2 aromatic heterocycles. The molecular formula is C30H28F2N4O3. The molecule has 0 radical (unpaired) electrons. The standard InChI is InChI=1S/C30H28F2N4O3/c1-33-29(37)26-21-14-20(23(35(2)3)15-25(21)38-28(26)17-9-11-19(31)12-10-17)18-6-5-13-36(16-18)30-34-27-22(32)7-4-8-24(27)39-30/h4,7-12,14-15,18H,5-6,13,16H2,1-3H3,(H,33,37)/t18-/m1/s1. The van der Waals surface area contributed by atoms with E-state index in [4.69, 9.17) is 8.83 Å². The fraction of sp³-hybridized carbons (Fsp3) is 0.267. The predicted molar refractivity (Wildman–Crippen MR) is 147 cm³/mol. The topological polar surface area (TPSA) is 74.8 Å². The maximum absolute atomic E-state index is 14.3. The minimum Gasteiger partial charge on any atom is -0.455 e. The molecule has 3 aromatic carbocycles. The number of amides is 1. The van der Waals surface area contributed by atoms with E-state index in [2.05, 4.69) is 15.2 Å². The average Bonchev–Trinajstić information content (AvgIpc) is 3.55. The molecule has 7 nitrogen and oxygen atoms in total. The number of halogens is 2. The number of rotatable bonds is 5. The van der Waals surface area contributed by atoms with Gasteiger partial charge in [-0.15, -0.1) is 0 Å². The van der Waals surface area contributed by atoms with Gasteiger partial charge in [-0.2, -0.15) is 4.98 Å². The average molecular weight is 531 g/mol. The van der Waals surface area contributed by atoms with Crippen molar-refractivity contribution in [2.75, 3.05) is 44.0 Å². The molecule has 1 amide bonds. The van der Waals surface area contributed by atoms with Crippen LogP contribution >= 0.6 is 0 Å². The molecule has 200 valence electrons. The number of nitrogens with one attached hydrogen (secondary N) is 1. The maximum atomic E-state index is 14.3. The van der Waals surface area contributed by atoms with E-state index in [0.29, 0.717) is 46.0 Å². The minimum absolute atomic E-state index is 0.0992. The Labute approximate surface area is 224 Å². The lowest BCUT2D eigenvalue weighted by molar-refractivity contribution is 0.0964. The first-order valence-electron chi connectivity index (χ1n) is 12.9. The van der Waals surface area contributed by atoms with Crippen LogP contribution in [0, 0.1) is 11.6 Å². The highest BCUT2D eigenvalue weighted by molar-refractivity contribution is 6.11. The number of benzene rings is 3. The van der Waals surface area contributed by atoms with Gasteiger partial charge in [-0.1, -0.05) is 6.07 Å².